The fourth-order valence-electron chi connectivity index (χ4n) is 1.84. The number of halogens is 2. The smallest absolute Gasteiger partial charge is 0.295 e. The van der Waals surface area contributed by atoms with Crippen LogP contribution < -0.4 is 5.32 Å². The van der Waals surface area contributed by atoms with Crippen LogP contribution in [0, 0.1) is 15.9 Å². The van der Waals surface area contributed by atoms with Gasteiger partial charge in [-0.25, -0.2) is 9.37 Å². The summed E-state index contributed by atoms with van der Waals surface area (Å²) in [6, 6.07) is 7.47. The second-order valence-corrected chi connectivity index (χ2v) is 5.20. The molecule has 0 atom stereocenters. The summed E-state index contributed by atoms with van der Waals surface area (Å²) < 4.78 is 14.4. The summed E-state index contributed by atoms with van der Waals surface area (Å²) >= 11 is 3.08. The molecule has 1 aromatic heterocycles. The van der Waals surface area contributed by atoms with Crippen molar-refractivity contribution in [2.24, 2.45) is 0 Å². The third kappa shape index (κ3) is 3.36. The number of nitrogens with zero attached hydrogens (tertiary/aromatic N) is 2. The highest BCUT2D eigenvalue weighted by molar-refractivity contribution is 9.10. The molecule has 0 aliphatic rings. The Labute approximate surface area is 129 Å². The Morgan fingerprint density at radius 2 is 2.14 bits per heavy atom. The second-order valence-electron chi connectivity index (χ2n) is 4.35. The van der Waals surface area contributed by atoms with Gasteiger partial charge >= 0.3 is 0 Å². The van der Waals surface area contributed by atoms with Crippen LogP contribution >= 0.6 is 15.9 Å². The molecule has 7 heteroatoms. The lowest BCUT2D eigenvalue weighted by atomic mass is 10.1. The fourth-order valence-corrected chi connectivity index (χ4v) is 2.20. The Morgan fingerprint density at radius 3 is 2.81 bits per heavy atom. The van der Waals surface area contributed by atoms with Gasteiger partial charge in [-0.1, -0.05) is 13.0 Å². The van der Waals surface area contributed by atoms with Crippen molar-refractivity contribution in [1.29, 1.82) is 0 Å². The molecule has 0 aliphatic heterocycles. The van der Waals surface area contributed by atoms with Crippen LogP contribution in [0.4, 0.5) is 15.9 Å². The van der Waals surface area contributed by atoms with Gasteiger partial charge in [0, 0.05) is 18.2 Å². The predicted molar refractivity (Wildman–Crippen MR) is 82.8 cm³/mol. The summed E-state index contributed by atoms with van der Waals surface area (Å²) in [5.41, 5.74) is -0.120. The second kappa shape index (κ2) is 6.62. The lowest BCUT2D eigenvalue weighted by Crippen LogP contribution is -2.04. The molecule has 0 unspecified atom stereocenters. The molecule has 110 valence electrons. The van der Waals surface area contributed by atoms with Crippen molar-refractivity contribution in [1.82, 2.24) is 4.98 Å². The first-order valence-electron chi connectivity index (χ1n) is 6.38. The highest BCUT2D eigenvalue weighted by Crippen LogP contribution is 2.33. The van der Waals surface area contributed by atoms with Crippen LogP contribution in [0.3, 0.4) is 0 Å². The summed E-state index contributed by atoms with van der Waals surface area (Å²) in [4.78, 5) is 14.8. The molecule has 0 saturated carbocycles. The van der Waals surface area contributed by atoms with Crippen molar-refractivity contribution in [2.45, 2.75) is 13.3 Å². The van der Waals surface area contributed by atoms with Gasteiger partial charge in [0.1, 0.15) is 11.6 Å². The van der Waals surface area contributed by atoms with Crippen molar-refractivity contribution in [2.75, 3.05) is 11.9 Å². The normalized spacial score (nSPS) is 10.4. The van der Waals surface area contributed by atoms with E-state index in [2.05, 4.69) is 26.2 Å². The first-order chi connectivity index (χ1) is 10.0. The highest BCUT2D eigenvalue weighted by Gasteiger charge is 2.21. The topological polar surface area (TPSA) is 68.1 Å². The summed E-state index contributed by atoms with van der Waals surface area (Å²) in [5, 5.41) is 14.2. The number of aromatic nitrogens is 1. The Kier molecular flexibility index (Phi) is 4.85. The number of hydrogen-bond acceptors (Lipinski definition) is 4. The van der Waals surface area contributed by atoms with Crippen LogP contribution in [0.1, 0.15) is 13.3 Å². The molecule has 2 aromatic rings. The lowest BCUT2D eigenvalue weighted by Gasteiger charge is -2.08. The maximum Gasteiger partial charge on any atom is 0.295 e. The van der Waals surface area contributed by atoms with E-state index in [9.17, 15) is 14.5 Å². The van der Waals surface area contributed by atoms with Crippen LogP contribution in [0.25, 0.3) is 11.3 Å². The van der Waals surface area contributed by atoms with Crippen LogP contribution in [0.2, 0.25) is 0 Å². The average molecular weight is 354 g/mol. The van der Waals surface area contributed by atoms with E-state index in [0.717, 1.165) is 6.42 Å². The van der Waals surface area contributed by atoms with Crippen LogP contribution in [0.5, 0.6) is 0 Å². The number of pyridine rings is 1. The van der Waals surface area contributed by atoms with E-state index in [1.54, 1.807) is 6.07 Å². The number of nitrogens with one attached hydrogen (secondary N) is 1. The van der Waals surface area contributed by atoms with Gasteiger partial charge in [-0.05, 0) is 40.5 Å². The molecule has 2 rings (SSSR count). The highest BCUT2D eigenvalue weighted by atomic mass is 79.9. The SMILES string of the molecule is CCCNc1ccc([N+](=O)[O-])c(-c2cccc(Br)c2F)n1. The molecule has 0 saturated heterocycles. The molecule has 5 nitrogen and oxygen atoms in total. The molecule has 1 N–H and O–H groups in total. The maximum atomic E-state index is 14.2. The minimum atomic E-state index is -0.569. The van der Waals surface area contributed by atoms with Gasteiger partial charge in [0.2, 0.25) is 0 Å². The first-order valence-corrected chi connectivity index (χ1v) is 7.17. The maximum absolute atomic E-state index is 14.2. The van der Waals surface area contributed by atoms with E-state index in [1.165, 1.54) is 24.3 Å². The monoisotopic (exact) mass is 353 g/mol. The third-order valence-electron chi connectivity index (χ3n) is 2.83. The Balaban J connectivity index is 2.57. The van der Waals surface area contributed by atoms with Crippen molar-refractivity contribution >= 4 is 27.4 Å². The first kappa shape index (κ1) is 15.4. The minimum absolute atomic E-state index is 0.0138. The molecular weight excluding hydrogens is 341 g/mol. The van der Waals surface area contributed by atoms with Crippen molar-refractivity contribution in [3.05, 3.63) is 50.7 Å². The zero-order valence-corrected chi connectivity index (χ0v) is 12.9. The van der Waals surface area contributed by atoms with E-state index in [-0.39, 0.29) is 21.4 Å². The molecule has 0 radical (unpaired) electrons. The molecule has 0 bridgehead atoms. The average Bonchev–Trinajstić information content (AvgIpc) is 2.47. The van der Waals surface area contributed by atoms with Gasteiger partial charge in [0.05, 0.1) is 9.40 Å². The molecule has 0 aliphatic carbocycles. The molecule has 1 heterocycles. The Morgan fingerprint density at radius 1 is 1.38 bits per heavy atom. The van der Waals surface area contributed by atoms with E-state index < -0.39 is 10.7 Å². The number of benzene rings is 1. The minimum Gasteiger partial charge on any atom is -0.370 e. The predicted octanol–water partition coefficient (Wildman–Crippen LogP) is 4.38. The van der Waals surface area contributed by atoms with Gasteiger partial charge < -0.3 is 5.32 Å². The van der Waals surface area contributed by atoms with Gasteiger partial charge in [0.25, 0.3) is 5.69 Å². The molecule has 0 spiro atoms. The zero-order chi connectivity index (χ0) is 15.4. The van der Waals surface area contributed by atoms with Crippen molar-refractivity contribution < 1.29 is 9.31 Å². The summed E-state index contributed by atoms with van der Waals surface area (Å²) in [6.07, 6.45) is 0.888. The van der Waals surface area contributed by atoms with E-state index in [0.29, 0.717) is 12.4 Å². The van der Waals surface area contributed by atoms with Crippen molar-refractivity contribution in [3.8, 4) is 11.3 Å². The molecular formula is C14H13BrFN3O2. The quantitative estimate of drug-likeness (QED) is 0.639. The third-order valence-corrected chi connectivity index (χ3v) is 3.45. The Hall–Kier alpha value is -2.02. The largest absolute Gasteiger partial charge is 0.370 e. The zero-order valence-electron chi connectivity index (χ0n) is 11.3. The van der Waals surface area contributed by atoms with Crippen LogP contribution in [0.15, 0.2) is 34.8 Å². The van der Waals surface area contributed by atoms with Gasteiger partial charge in [0.15, 0.2) is 5.69 Å². The Bertz CT molecular complexity index is 679. The van der Waals surface area contributed by atoms with E-state index in [1.807, 2.05) is 6.92 Å². The number of nitro groups is 1. The molecule has 21 heavy (non-hydrogen) atoms. The van der Waals surface area contributed by atoms with E-state index in [4.69, 9.17) is 0 Å². The molecule has 0 amide bonds. The van der Waals surface area contributed by atoms with Crippen molar-refractivity contribution in [3.63, 3.8) is 0 Å². The number of hydrogen-bond donors (Lipinski definition) is 1. The summed E-state index contributed by atoms with van der Waals surface area (Å²) in [7, 11) is 0. The molecule has 1 aromatic carbocycles. The summed E-state index contributed by atoms with van der Waals surface area (Å²) in [6.45, 7) is 2.68. The number of rotatable bonds is 5. The van der Waals surface area contributed by atoms with Gasteiger partial charge in [-0.3, -0.25) is 10.1 Å². The summed E-state index contributed by atoms with van der Waals surface area (Å²) in [5.74, 6) is -0.0856. The van der Waals surface area contributed by atoms with Crippen LogP contribution in [-0.2, 0) is 0 Å². The number of anilines is 1. The lowest BCUT2D eigenvalue weighted by molar-refractivity contribution is -0.384. The van der Waals surface area contributed by atoms with Gasteiger partial charge in [-0.15, -0.1) is 0 Å². The standard InChI is InChI=1S/C14H13BrFN3O2/c1-2-8-17-12-7-6-11(19(20)21)14(18-12)9-4-3-5-10(15)13(9)16/h3-7H,2,8H2,1H3,(H,17,18). The fraction of sp³-hybridized carbons (Fsp3) is 0.214. The van der Waals surface area contributed by atoms with Gasteiger partial charge in [-0.2, -0.15) is 0 Å². The molecule has 0 fully saturated rings. The van der Waals surface area contributed by atoms with E-state index >= 15 is 0 Å². The van der Waals surface area contributed by atoms with Crippen LogP contribution in [-0.4, -0.2) is 16.5 Å².